The molecule has 0 fully saturated rings. The summed E-state index contributed by atoms with van der Waals surface area (Å²) in [5.74, 6) is 0.256. The summed E-state index contributed by atoms with van der Waals surface area (Å²) in [7, 11) is -3.34. The molecule has 0 bridgehead atoms. The maximum Gasteiger partial charge on any atom is 0.268 e. The quantitative estimate of drug-likeness (QED) is 0.759. The number of fused-ring (bicyclic) bond motifs is 2. The van der Waals surface area contributed by atoms with E-state index in [0.29, 0.717) is 11.4 Å². The van der Waals surface area contributed by atoms with E-state index in [4.69, 9.17) is 4.74 Å². The Morgan fingerprint density at radius 2 is 1.81 bits per heavy atom. The van der Waals surface area contributed by atoms with Gasteiger partial charge in [0.05, 0.1) is 5.69 Å². The molecule has 0 atom stereocenters. The Kier molecular flexibility index (Phi) is 1.85. The maximum absolute atomic E-state index is 11.3. The number of benzene rings is 2. The largest absolute Gasteiger partial charge is 0.474 e. The summed E-state index contributed by atoms with van der Waals surface area (Å²) in [4.78, 5) is 0. The van der Waals surface area contributed by atoms with Crippen LogP contribution in [0.25, 0.3) is 10.8 Å². The monoisotopic (exact) mass is 235 g/mol. The molecule has 0 amide bonds. The highest BCUT2D eigenvalue weighted by atomic mass is 32.2. The van der Waals surface area contributed by atoms with E-state index in [-0.39, 0.29) is 5.94 Å². The number of sulfonamides is 1. The van der Waals surface area contributed by atoms with Crippen LogP contribution in [0.1, 0.15) is 0 Å². The summed E-state index contributed by atoms with van der Waals surface area (Å²) >= 11 is 0. The second-order valence-electron chi connectivity index (χ2n) is 3.67. The molecule has 4 nitrogen and oxygen atoms in total. The van der Waals surface area contributed by atoms with Crippen LogP contribution in [0.2, 0.25) is 0 Å². The van der Waals surface area contributed by atoms with Crippen LogP contribution in [0.15, 0.2) is 36.4 Å². The van der Waals surface area contributed by atoms with Crippen molar-refractivity contribution in [2.75, 3.05) is 10.7 Å². The Balaban J connectivity index is 2.25. The summed E-state index contributed by atoms with van der Waals surface area (Å²) in [5.41, 5.74) is 0.505. The lowest BCUT2D eigenvalue weighted by molar-refractivity contribution is 0.375. The predicted molar refractivity (Wildman–Crippen MR) is 62.0 cm³/mol. The van der Waals surface area contributed by atoms with Gasteiger partial charge in [-0.15, -0.1) is 0 Å². The van der Waals surface area contributed by atoms with E-state index < -0.39 is 10.0 Å². The molecule has 0 aromatic heterocycles. The van der Waals surface area contributed by atoms with Gasteiger partial charge in [0.25, 0.3) is 10.0 Å². The number of hydrogen-bond donors (Lipinski definition) is 1. The van der Waals surface area contributed by atoms with E-state index in [1.54, 1.807) is 6.07 Å². The van der Waals surface area contributed by atoms with Crippen LogP contribution >= 0.6 is 0 Å². The zero-order valence-corrected chi connectivity index (χ0v) is 9.12. The fourth-order valence-corrected chi connectivity index (χ4v) is 2.59. The molecule has 1 aliphatic heterocycles. The highest BCUT2D eigenvalue weighted by Gasteiger charge is 2.21. The molecular formula is C11H9NO3S. The minimum absolute atomic E-state index is 0.321. The van der Waals surface area contributed by atoms with Gasteiger partial charge in [-0.05, 0) is 22.9 Å². The molecule has 1 aliphatic rings. The van der Waals surface area contributed by atoms with Gasteiger partial charge in [-0.1, -0.05) is 24.3 Å². The Morgan fingerprint density at radius 1 is 1.12 bits per heavy atom. The Bertz CT molecular complexity index is 664. The first kappa shape index (κ1) is 9.47. The molecule has 0 unspecified atom stereocenters. The predicted octanol–water partition coefficient (Wildman–Crippen LogP) is 1.93. The van der Waals surface area contributed by atoms with Gasteiger partial charge in [-0.25, -0.2) is 8.42 Å². The fourth-order valence-electron chi connectivity index (χ4n) is 1.76. The van der Waals surface area contributed by atoms with Crippen LogP contribution in [0, 0.1) is 0 Å². The van der Waals surface area contributed by atoms with Gasteiger partial charge < -0.3 is 4.74 Å². The molecule has 5 heteroatoms. The molecule has 1 N–H and O–H groups in total. The molecular weight excluding hydrogens is 226 g/mol. The Morgan fingerprint density at radius 3 is 2.56 bits per heavy atom. The fraction of sp³-hybridized carbons (Fsp3) is 0.0909. The van der Waals surface area contributed by atoms with E-state index >= 15 is 0 Å². The van der Waals surface area contributed by atoms with E-state index in [1.807, 2.05) is 30.3 Å². The topological polar surface area (TPSA) is 55.4 Å². The minimum atomic E-state index is -3.34. The van der Waals surface area contributed by atoms with Crippen molar-refractivity contribution in [2.45, 2.75) is 0 Å². The molecule has 0 spiro atoms. The van der Waals surface area contributed by atoms with Crippen molar-refractivity contribution < 1.29 is 13.2 Å². The lowest BCUT2D eigenvalue weighted by Gasteiger charge is -2.19. The van der Waals surface area contributed by atoms with Crippen LogP contribution in [0.3, 0.4) is 0 Å². The minimum Gasteiger partial charge on any atom is -0.474 e. The highest BCUT2D eigenvalue weighted by Crippen LogP contribution is 2.33. The van der Waals surface area contributed by atoms with Gasteiger partial charge in [-0.3, -0.25) is 4.72 Å². The van der Waals surface area contributed by atoms with Crippen molar-refractivity contribution in [3.63, 3.8) is 0 Å². The van der Waals surface area contributed by atoms with Gasteiger partial charge in [0.1, 0.15) is 5.75 Å². The van der Waals surface area contributed by atoms with Crippen LogP contribution in [-0.2, 0) is 10.0 Å². The third kappa shape index (κ3) is 1.49. The molecule has 1 heterocycles. The Hall–Kier alpha value is -1.75. The number of nitrogens with one attached hydrogen (secondary N) is 1. The summed E-state index contributed by atoms with van der Waals surface area (Å²) in [5, 5.41) is 2.01. The molecule has 82 valence electrons. The highest BCUT2D eigenvalue weighted by molar-refractivity contribution is 7.92. The summed E-state index contributed by atoms with van der Waals surface area (Å²) in [6, 6.07) is 11.4. The lowest BCUT2D eigenvalue weighted by atomic mass is 10.1. The van der Waals surface area contributed by atoms with Crippen LogP contribution in [0.4, 0.5) is 5.69 Å². The first-order chi connectivity index (χ1) is 7.64. The molecule has 16 heavy (non-hydrogen) atoms. The molecule has 0 saturated heterocycles. The zero-order chi connectivity index (χ0) is 11.2. The van der Waals surface area contributed by atoms with Gasteiger partial charge >= 0.3 is 0 Å². The maximum atomic E-state index is 11.3. The first-order valence-corrected chi connectivity index (χ1v) is 6.45. The summed E-state index contributed by atoms with van der Waals surface area (Å²) < 4.78 is 30.3. The zero-order valence-electron chi connectivity index (χ0n) is 8.30. The average Bonchev–Trinajstić information content (AvgIpc) is 2.25. The molecule has 0 aliphatic carbocycles. The molecule has 0 saturated carbocycles. The summed E-state index contributed by atoms with van der Waals surface area (Å²) in [6.45, 7) is 0. The number of hydrogen-bond acceptors (Lipinski definition) is 3. The van der Waals surface area contributed by atoms with E-state index in [1.165, 1.54) is 0 Å². The third-order valence-corrected chi connectivity index (χ3v) is 3.44. The van der Waals surface area contributed by atoms with Gasteiger partial charge in [0.2, 0.25) is 5.94 Å². The van der Waals surface area contributed by atoms with E-state index in [0.717, 1.165) is 10.8 Å². The SMILES string of the molecule is O=S1(=O)COc2cc3ccccc3cc2N1. The van der Waals surface area contributed by atoms with Gasteiger partial charge in [0, 0.05) is 0 Å². The van der Waals surface area contributed by atoms with Crippen molar-refractivity contribution >= 4 is 26.5 Å². The van der Waals surface area contributed by atoms with Crippen molar-refractivity contribution in [3.8, 4) is 5.75 Å². The third-order valence-electron chi connectivity index (χ3n) is 2.48. The van der Waals surface area contributed by atoms with Crippen LogP contribution in [-0.4, -0.2) is 14.4 Å². The van der Waals surface area contributed by atoms with E-state index in [9.17, 15) is 8.42 Å². The van der Waals surface area contributed by atoms with Crippen molar-refractivity contribution in [1.82, 2.24) is 0 Å². The van der Waals surface area contributed by atoms with Crippen molar-refractivity contribution in [1.29, 1.82) is 0 Å². The normalized spacial score (nSPS) is 17.2. The van der Waals surface area contributed by atoms with Crippen LogP contribution in [0.5, 0.6) is 5.75 Å². The first-order valence-electron chi connectivity index (χ1n) is 4.80. The Labute approximate surface area is 92.9 Å². The molecule has 2 aromatic rings. The van der Waals surface area contributed by atoms with Crippen LogP contribution < -0.4 is 9.46 Å². The van der Waals surface area contributed by atoms with Crippen molar-refractivity contribution in [3.05, 3.63) is 36.4 Å². The van der Waals surface area contributed by atoms with Gasteiger partial charge in [-0.2, -0.15) is 0 Å². The average molecular weight is 235 g/mol. The summed E-state index contributed by atoms with van der Waals surface area (Å²) in [6.07, 6.45) is 0. The number of ether oxygens (including phenoxy) is 1. The smallest absolute Gasteiger partial charge is 0.268 e. The molecule has 0 radical (unpaired) electrons. The number of anilines is 1. The molecule has 2 aromatic carbocycles. The van der Waals surface area contributed by atoms with Crippen molar-refractivity contribution in [2.24, 2.45) is 0 Å². The molecule has 3 rings (SSSR count). The number of rotatable bonds is 0. The standard InChI is InChI=1S/C11H9NO3S/c13-16(14)7-15-11-6-9-4-2-1-3-8(9)5-10(11)12-16/h1-6,12H,7H2. The van der Waals surface area contributed by atoms with E-state index in [2.05, 4.69) is 4.72 Å². The second-order valence-corrected chi connectivity index (χ2v) is 5.34. The second kappa shape index (κ2) is 3.12. The van der Waals surface area contributed by atoms with Gasteiger partial charge in [0.15, 0.2) is 0 Å². The lowest BCUT2D eigenvalue weighted by Crippen LogP contribution is -2.25.